The van der Waals surface area contributed by atoms with E-state index in [9.17, 15) is 19.8 Å². The lowest BCUT2D eigenvalue weighted by Crippen LogP contribution is -2.29. The smallest absolute Gasteiger partial charge is 0.338 e. The largest absolute Gasteiger partial charge is 0.545 e. The van der Waals surface area contributed by atoms with Crippen molar-refractivity contribution < 1.29 is 24.5 Å². The van der Waals surface area contributed by atoms with Crippen molar-refractivity contribution >= 4 is 11.9 Å². The van der Waals surface area contributed by atoms with Gasteiger partial charge in [-0.3, -0.25) is 0 Å². The van der Waals surface area contributed by atoms with Crippen molar-refractivity contribution in [3.8, 4) is 0 Å². The van der Waals surface area contributed by atoms with Gasteiger partial charge < -0.3 is 19.7 Å². The zero-order valence-electron chi connectivity index (χ0n) is 9.60. The van der Waals surface area contributed by atoms with Gasteiger partial charge >= 0.3 is 5.97 Å². The SMILES string of the molecule is CC(C)(O)COC(=O)c1ccccc1C(=O)[O-]. The van der Waals surface area contributed by atoms with Crippen LogP contribution in [-0.4, -0.2) is 29.3 Å². The first kappa shape index (κ1) is 13.2. The normalized spacial score (nSPS) is 11.0. The molecule has 0 aliphatic heterocycles. The van der Waals surface area contributed by atoms with E-state index in [-0.39, 0.29) is 17.7 Å². The number of ether oxygens (including phenoxy) is 1. The van der Waals surface area contributed by atoms with Crippen molar-refractivity contribution in [2.24, 2.45) is 0 Å². The second-order valence-corrected chi connectivity index (χ2v) is 4.22. The van der Waals surface area contributed by atoms with E-state index in [1.54, 1.807) is 0 Å². The highest BCUT2D eigenvalue weighted by Gasteiger charge is 2.18. The molecule has 0 aliphatic rings. The molecule has 0 bridgehead atoms. The Balaban J connectivity index is 2.86. The monoisotopic (exact) mass is 237 g/mol. The molecule has 0 saturated heterocycles. The first-order valence-electron chi connectivity index (χ1n) is 5.01. The van der Waals surface area contributed by atoms with E-state index in [2.05, 4.69) is 0 Å². The van der Waals surface area contributed by atoms with Crippen molar-refractivity contribution in [2.75, 3.05) is 6.61 Å². The molecule has 0 saturated carbocycles. The Morgan fingerprint density at radius 2 is 1.82 bits per heavy atom. The fourth-order valence-electron chi connectivity index (χ4n) is 1.16. The standard InChI is InChI=1S/C12H14O5/c1-12(2,16)7-17-11(15)9-6-4-3-5-8(9)10(13)14/h3-6,16H,7H2,1-2H3,(H,13,14)/p-1. The molecule has 0 radical (unpaired) electrons. The molecule has 0 amide bonds. The number of hydrogen-bond donors (Lipinski definition) is 1. The van der Waals surface area contributed by atoms with Crippen molar-refractivity contribution in [1.29, 1.82) is 0 Å². The van der Waals surface area contributed by atoms with Crippen molar-refractivity contribution in [3.63, 3.8) is 0 Å². The van der Waals surface area contributed by atoms with Gasteiger partial charge in [-0.2, -0.15) is 0 Å². The maximum atomic E-state index is 11.6. The molecular weight excluding hydrogens is 224 g/mol. The number of carbonyl (C=O) groups is 2. The number of carboxylic acids is 1. The van der Waals surface area contributed by atoms with Gasteiger partial charge in [0.15, 0.2) is 0 Å². The summed E-state index contributed by atoms with van der Waals surface area (Å²) in [6.07, 6.45) is 0. The third-order valence-electron chi connectivity index (χ3n) is 1.92. The molecule has 1 aromatic rings. The fraction of sp³-hybridized carbons (Fsp3) is 0.333. The third kappa shape index (κ3) is 3.88. The predicted octanol–water partition coefficient (Wildman–Crippen LogP) is -0.0222. The topological polar surface area (TPSA) is 86.7 Å². The summed E-state index contributed by atoms with van der Waals surface area (Å²) in [7, 11) is 0. The number of hydrogen-bond acceptors (Lipinski definition) is 5. The van der Waals surface area contributed by atoms with Gasteiger partial charge in [-0.1, -0.05) is 18.2 Å². The number of benzene rings is 1. The van der Waals surface area contributed by atoms with Crippen LogP contribution < -0.4 is 5.11 Å². The van der Waals surface area contributed by atoms with Gasteiger partial charge in [0, 0.05) is 5.56 Å². The van der Waals surface area contributed by atoms with Gasteiger partial charge in [-0.25, -0.2) is 4.79 Å². The lowest BCUT2D eigenvalue weighted by Gasteiger charge is -2.17. The van der Waals surface area contributed by atoms with Gasteiger partial charge in [0.2, 0.25) is 0 Å². The van der Waals surface area contributed by atoms with E-state index < -0.39 is 17.5 Å². The van der Waals surface area contributed by atoms with Crippen LogP contribution in [0.2, 0.25) is 0 Å². The molecule has 0 aromatic heterocycles. The van der Waals surface area contributed by atoms with Crippen molar-refractivity contribution in [2.45, 2.75) is 19.4 Å². The summed E-state index contributed by atoms with van der Waals surface area (Å²) in [5.41, 5.74) is -1.48. The van der Waals surface area contributed by atoms with E-state index in [1.807, 2.05) is 0 Å². The van der Waals surface area contributed by atoms with E-state index in [0.717, 1.165) is 0 Å². The summed E-state index contributed by atoms with van der Waals surface area (Å²) in [6.45, 7) is 2.74. The minimum atomic E-state index is -1.44. The minimum Gasteiger partial charge on any atom is -0.545 e. The Morgan fingerprint density at radius 3 is 2.29 bits per heavy atom. The summed E-state index contributed by atoms with van der Waals surface area (Å²) in [4.78, 5) is 22.4. The van der Waals surface area contributed by atoms with Crippen LogP contribution >= 0.6 is 0 Å². The van der Waals surface area contributed by atoms with Crippen LogP contribution in [0.15, 0.2) is 24.3 Å². The van der Waals surface area contributed by atoms with Crippen molar-refractivity contribution in [1.82, 2.24) is 0 Å². The van der Waals surface area contributed by atoms with E-state index >= 15 is 0 Å². The van der Waals surface area contributed by atoms with E-state index in [0.29, 0.717) is 0 Å². The number of rotatable bonds is 4. The Hall–Kier alpha value is -1.88. The minimum absolute atomic E-state index is 0.0863. The van der Waals surface area contributed by atoms with E-state index in [1.165, 1.54) is 38.1 Å². The average molecular weight is 237 g/mol. The van der Waals surface area contributed by atoms with E-state index in [4.69, 9.17) is 4.74 Å². The molecule has 0 fully saturated rings. The third-order valence-corrected chi connectivity index (χ3v) is 1.92. The molecule has 1 N–H and O–H groups in total. The Morgan fingerprint density at radius 1 is 1.29 bits per heavy atom. The number of carboxylic acid groups (broad SMARTS) is 1. The quantitative estimate of drug-likeness (QED) is 0.743. The van der Waals surface area contributed by atoms with Crippen LogP contribution in [0.3, 0.4) is 0 Å². The van der Waals surface area contributed by atoms with Crippen LogP contribution in [0.5, 0.6) is 0 Å². The van der Waals surface area contributed by atoms with Gasteiger partial charge in [0.1, 0.15) is 6.61 Å². The molecule has 17 heavy (non-hydrogen) atoms. The zero-order valence-corrected chi connectivity index (χ0v) is 9.60. The zero-order chi connectivity index (χ0) is 13.1. The Bertz CT molecular complexity index is 431. The number of aromatic carboxylic acids is 1. The van der Waals surface area contributed by atoms with Crippen LogP contribution in [0.1, 0.15) is 34.6 Å². The highest BCUT2D eigenvalue weighted by atomic mass is 16.5. The molecule has 5 heteroatoms. The molecule has 1 aromatic carbocycles. The summed E-state index contributed by atoms with van der Waals surface area (Å²) in [5.74, 6) is -2.24. The Labute approximate surface area is 98.6 Å². The maximum absolute atomic E-state index is 11.6. The lowest BCUT2D eigenvalue weighted by atomic mass is 10.1. The fourth-order valence-corrected chi connectivity index (χ4v) is 1.16. The summed E-state index contributed by atoms with van der Waals surface area (Å²) in [6, 6.07) is 5.60. The molecule has 92 valence electrons. The molecule has 0 atom stereocenters. The second kappa shape index (κ2) is 4.97. The van der Waals surface area contributed by atoms with Gasteiger partial charge in [0.25, 0.3) is 0 Å². The molecule has 0 aliphatic carbocycles. The van der Waals surface area contributed by atoms with Crippen LogP contribution in [-0.2, 0) is 4.74 Å². The van der Waals surface area contributed by atoms with Crippen LogP contribution in [0.4, 0.5) is 0 Å². The first-order valence-corrected chi connectivity index (χ1v) is 5.01. The molecular formula is C12H13O5-. The number of esters is 1. The van der Waals surface area contributed by atoms with Gasteiger partial charge in [-0.05, 0) is 19.9 Å². The van der Waals surface area contributed by atoms with Crippen molar-refractivity contribution in [3.05, 3.63) is 35.4 Å². The highest BCUT2D eigenvalue weighted by Crippen LogP contribution is 2.11. The Kier molecular flexibility index (Phi) is 3.85. The lowest BCUT2D eigenvalue weighted by molar-refractivity contribution is -0.255. The summed E-state index contributed by atoms with van der Waals surface area (Å²) < 4.78 is 4.80. The predicted molar refractivity (Wildman–Crippen MR) is 57.4 cm³/mol. The molecule has 1 rings (SSSR count). The van der Waals surface area contributed by atoms with Crippen LogP contribution in [0, 0.1) is 0 Å². The molecule has 0 heterocycles. The van der Waals surface area contributed by atoms with Gasteiger partial charge in [0.05, 0.1) is 17.1 Å². The van der Waals surface area contributed by atoms with Crippen LogP contribution in [0.25, 0.3) is 0 Å². The molecule has 5 nitrogen and oxygen atoms in total. The number of aliphatic hydroxyl groups is 1. The second-order valence-electron chi connectivity index (χ2n) is 4.22. The molecule has 0 spiro atoms. The summed E-state index contributed by atoms with van der Waals surface area (Å²) in [5, 5.41) is 20.1. The molecule has 0 unspecified atom stereocenters. The maximum Gasteiger partial charge on any atom is 0.338 e. The van der Waals surface area contributed by atoms with Gasteiger partial charge in [-0.15, -0.1) is 0 Å². The summed E-state index contributed by atoms with van der Waals surface area (Å²) >= 11 is 0. The number of carbonyl (C=O) groups excluding carboxylic acids is 2. The first-order chi connectivity index (χ1) is 7.81. The highest BCUT2D eigenvalue weighted by molar-refractivity contribution is 6.01. The average Bonchev–Trinajstić information content (AvgIpc) is 2.25.